The number of aryl methyl sites for hydroxylation is 1. The van der Waals surface area contributed by atoms with Crippen molar-refractivity contribution in [1.29, 1.82) is 0 Å². The van der Waals surface area contributed by atoms with E-state index in [0.717, 1.165) is 60.9 Å². The molecule has 2 N–H and O–H groups in total. The minimum atomic E-state index is -0.245. The fourth-order valence-corrected chi connectivity index (χ4v) is 5.31. The number of rotatable bonds is 3. The van der Waals surface area contributed by atoms with E-state index < -0.39 is 0 Å². The summed E-state index contributed by atoms with van der Waals surface area (Å²) in [6, 6.07) is 16.8. The molecule has 0 radical (unpaired) electrons. The van der Waals surface area contributed by atoms with Gasteiger partial charge in [0, 0.05) is 30.8 Å². The molecule has 2 heterocycles. The van der Waals surface area contributed by atoms with E-state index in [1.54, 1.807) is 6.07 Å². The predicted molar refractivity (Wildman–Crippen MR) is 125 cm³/mol. The molecule has 32 heavy (non-hydrogen) atoms. The summed E-state index contributed by atoms with van der Waals surface area (Å²) in [5.74, 6) is -0.202. The van der Waals surface area contributed by atoms with Crippen LogP contribution in [0.5, 0.6) is 0 Å². The second kappa shape index (κ2) is 8.30. The smallest absolute Gasteiger partial charge is 0.254 e. The number of fused-ring (bicyclic) bond motifs is 1. The summed E-state index contributed by atoms with van der Waals surface area (Å²) >= 11 is 0. The highest BCUT2D eigenvalue weighted by molar-refractivity contribution is 6.11. The number of hydrogen-bond acceptors (Lipinski definition) is 3. The van der Waals surface area contributed by atoms with Crippen LogP contribution >= 0.6 is 0 Å². The molecular formula is C27H29FN2O2. The number of benzene rings is 3. The molecule has 5 heteroatoms. The lowest BCUT2D eigenvalue weighted by atomic mass is 9.76. The number of likely N-dealkylation sites (tertiary alicyclic amines) is 1. The molecule has 1 spiro atoms. The molecule has 0 bridgehead atoms. The van der Waals surface area contributed by atoms with Crippen LogP contribution in [0, 0.1) is 18.2 Å². The third-order valence-corrected chi connectivity index (χ3v) is 7.23. The largest absolute Gasteiger partial charge is 0.376 e. The molecule has 0 saturated carbocycles. The first-order valence-electron chi connectivity index (χ1n) is 11.4. The molecule has 2 aliphatic heterocycles. The fourth-order valence-electron chi connectivity index (χ4n) is 5.31. The van der Waals surface area contributed by atoms with Crippen LogP contribution in [0.25, 0.3) is 21.9 Å². The normalized spacial score (nSPS) is 20.2. The van der Waals surface area contributed by atoms with Gasteiger partial charge < -0.3 is 15.4 Å². The van der Waals surface area contributed by atoms with E-state index in [9.17, 15) is 9.18 Å². The van der Waals surface area contributed by atoms with E-state index in [0.29, 0.717) is 17.7 Å². The first-order valence-corrected chi connectivity index (χ1v) is 11.4. The van der Waals surface area contributed by atoms with Crippen LogP contribution in [0.1, 0.15) is 35.2 Å². The third-order valence-electron chi connectivity index (χ3n) is 7.23. The van der Waals surface area contributed by atoms with Gasteiger partial charge in [0.05, 0.1) is 12.7 Å². The molecule has 3 aromatic carbocycles. The van der Waals surface area contributed by atoms with Gasteiger partial charge in [-0.3, -0.25) is 4.79 Å². The zero-order chi connectivity index (χ0) is 22.3. The Hall–Kier alpha value is -2.76. The van der Waals surface area contributed by atoms with Crippen LogP contribution in [0.3, 0.4) is 0 Å². The van der Waals surface area contributed by atoms with Crippen molar-refractivity contribution in [3.63, 3.8) is 0 Å². The Morgan fingerprint density at radius 1 is 1.09 bits per heavy atom. The molecule has 4 nitrogen and oxygen atoms in total. The Morgan fingerprint density at radius 3 is 2.50 bits per heavy atom. The van der Waals surface area contributed by atoms with Crippen LogP contribution in [0.15, 0.2) is 54.6 Å². The molecular weight excluding hydrogens is 403 g/mol. The maximum Gasteiger partial charge on any atom is 0.254 e. The van der Waals surface area contributed by atoms with Crippen molar-refractivity contribution in [2.75, 3.05) is 26.2 Å². The second-order valence-corrected chi connectivity index (χ2v) is 9.35. The van der Waals surface area contributed by atoms with Crippen molar-refractivity contribution in [3.05, 3.63) is 71.5 Å². The van der Waals surface area contributed by atoms with Gasteiger partial charge in [-0.2, -0.15) is 0 Å². The minimum absolute atomic E-state index is 0.0428. The van der Waals surface area contributed by atoms with Crippen LogP contribution in [0.2, 0.25) is 0 Å². The highest BCUT2D eigenvalue weighted by Crippen LogP contribution is 2.42. The van der Waals surface area contributed by atoms with Crippen molar-refractivity contribution >= 4 is 16.7 Å². The Kier molecular flexibility index (Phi) is 5.48. The Bertz CT molecular complexity index is 1170. The lowest BCUT2D eigenvalue weighted by Crippen LogP contribution is -2.43. The molecule has 2 fully saturated rings. The molecule has 0 aromatic heterocycles. The number of hydrogen-bond donors (Lipinski definition) is 1. The quantitative estimate of drug-likeness (QED) is 0.639. The van der Waals surface area contributed by atoms with E-state index in [2.05, 4.69) is 0 Å². The van der Waals surface area contributed by atoms with Crippen LogP contribution in [0.4, 0.5) is 4.39 Å². The lowest BCUT2D eigenvalue weighted by Gasteiger charge is -2.38. The first-order chi connectivity index (χ1) is 15.5. The van der Waals surface area contributed by atoms with Gasteiger partial charge in [0.25, 0.3) is 5.91 Å². The van der Waals surface area contributed by atoms with Crippen LogP contribution in [-0.2, 0) is 4.74 Å². The Morgan fingerprint density at radius 2 is 1.81 bits per heavy atom. The molecule has 166 valence electrons. The average Bonchev–Trinajstić information content (AvgIpc) is 3.21. The Balaban J connectivity index is 1.44. The molecule has 2 saturated heterocycles. The lowest BCUT2D eigenvalue weighted by molar-refractivity contribution is 0.0503. The van der Waals surface area contributed by atoms with Crippen molar-refractivity contribution in [1.82, 2.24) is 4.90 Å². The summed E-state index contributed by atoms with van der Waals surface area (Å²) in [5, 5.41) is 1.76. The SMILES string of the molecule is Cc1ccc(-c2ccc(C(=O)N3CCC4(CC3)COC(CN)C4)c3ccccc23)c(F)c1. The molecule has 1 atom stereocenters. The van der Waals surface area contributed by atoms with E-state index in [-0.39, 0.29) is 23.2 Å². The number of carbonyl (C=O) groups excluding carboxylic acids is 1. The van der Waals surface area contributed by atoms with Gasteiger partial charge in [-0.25, -0.2) is 4.39 Å². The van der Waals surface area contributed by atoms with Gasteiger partial charge in [-0.1, -0.05) is 42.5 Å². The van der Waals surface area contributed by atoms with Crippen molar-refractivity contribution in [2.45, 2.75) is 32.3 Å². The standard InChI is InChI=1S/C27H29FN2O2/c1-18-6-7-23(25(28)14-18)22-8-9-24(21-5-3-2-4-20(21)22)26(31)30-12-10-27(11-13-30)15-19(16-29)32-17-27/h2-9,14,19H,10-13,15-17,29H2,1H3. The third kappa shape index (κ3) is 3.70. The van der Waals surface area contributed by atoms with Gasteiger partial charge >= 0.3 is 0 Å². The number of amides is 1. The van der Waals surface area contributed by atoms with Gasteiger partial charge in [-0.05, 0) is 65.6 Å². The van der Waals surface area contributed by atoms with Crippen molar-refractivity contribution in [3.8, 4) is 11.1 Å². The second-order valence-electron chi connectivity index (χ2n) is 9.35. The predicted octanol–water partition coefficient (Wildman–Crippen LogP) is 4.92. The minimum Gasteiger partial charge on any atom is -0.376 e. The molecule has 1 amide bonds. The number of halogens is 1. The van der Waals surface area contributed by atoms with Crippen molar-refractivity contribution < 1.29 is 13.9 Å². The fraction of sp³-hybridized carbons (Fsp3) is 0.370. The maximum absolute atomic E-state index is 14.7. The molecule has 5 rings (SSSR count). The van der Waals surface area contributed by atoms with E-state index in [1.807, 2.05) is 60.4 Å². The molecule has 3 aromatic rings. The molecule has 2 aliphatic rings. The number of piperidine rings is 1. The van der Waals surface area contributed by atoms with E-state index in [1.165, 1.54) is 0 Å². The Labute approximate surface area is 188 Å². The number of ether oxygens (including phenoxy) is 1. The summed E-state index contributed by atoms with van der Waals surface area (Å²) in [6.45, 7) is 4.63. The van der Waals surface area contributed by atoms with Gasteiger partial charge in [-0.15, -0.1) is 0 Å². The summed E-state index contributed by atoms with van der Waals surface area (Å²) < 4.78 is 20.6. The summed E-state index contributed by atoms with van der Waals surface area (Å²) in [6.07, 6.45) is 3.03. The van der Waals surface area contributed by atoms with Gasteiger partial charge in [0.2, 0.25) is 0 Å². The number of nitrogens with zero attached hydrogens (tertiary/aromatic N) is 1. The average molecular weight is 433 g/mol. The zero-order valence-electron chi connectivity index (χ0n) is 18.4. The topological polar surface area (TPSA) is 55.6 Å². The molecule has 0 aliphatic carbocycles. The van der Waals surface area contributed by atoms with E-state index >= 15 is 0 Å². The number of nitrogens with two attached hydrogens (primary N) is 1. The first kappa shape index (κ1) is 21.1. The monoisotopic (exact) mass is 432 g/mol. The van der Waals surface area contributed by atoms with Gasteiger partial charge in [0.15, 0.2) is 0 Å². The number of carbonyl (C=O) groups is 1. The summed E-state index contributed by atoms with van der Waals surface area (Å²) in [7, 11) is 0. The van der Waals surface area contributed by atoms with Crippen LogP contribution in [-0.4, -0.2) is 43.2 Å². The summed E-state index contributed by atoms with van der Waals surface area (Å²) in [5.41, 5.74) is 8.87. The highest BCUT2D eigenvalue weighted by atomic mass is 19.1. The van der Waals surface area contributed by atoms with E-state index in [4.69, 9.17) is 10.5 Å². The summed E-state index contributed by atoms with van der Waals surface area (Å²) in [4.78, 5) is 15.5. The zero-order valence-corrected chi connectivity index (χ0v) is 18.4. The van der Waals surface area contributed by atoms with Crippen LogP contribution < -0.4 is 5.73 Å². The highest BCUT2D eigenvalue weighted by Gasteiger charge is 2.42. The maximum atomic E-state index is 14.7. The van der Waals surface area contributed by atoms with Gasteiger partial charge in [0.1, 0.15) is 5.82 Å². The molecule has 1 unspecified atom stereocenters. The van der Waals surface area contributed by atoms with Crippen molar-refractivity contribution in [2.24, 2.45) is 11.1 Å².